The van der Waals surface area contributed by atoms with Crippen LogP contribution in [0.2, 0.25) is 0 Å². The largest absolute Gasteiger partial charge is 0.403 e. The van der Waals surface area contributed by atoms with Gasteiger partial charge in [-0.2, -0.15) is 0 Å². The van der Waals surface area contributed by atoms with Crippen LogP contribution in [0.5, 0.6) is 0 Å². The van der Waals surface area contributed by atoms with Crippen LogP contribution in [0, 0.1) is 11.6 Å². The number of hydrogen-bond donors (Lipinski definition) is 1. The van der Waals surface area contributed by atoms with Crippen molar-refractivity contribution in [3.8, 4) is 11.5 Å². The standard InChI is InChI=1S/C18H15F2N3O4S/c1-10(2)28(25,26)13-6-3-11(4-7-13)17-22-23-18(27-17)21-16(24)12-5-8-14(19)15(20)9-12/h3-10H,1-2H3,(H,21,23,24). The van der Waals surface area contributed by atoms with Gasteiger partial charge in [0.05, 0.1) is 10.1 Å². The Labute approximate surface area is 159 Å². The number of benzene rings is 2. The van der Waals surface area contributed by atoms with E-state index in [0.29, 0.717) is 5.56 Å². The lowest BCUT2D eigenvalue weighted by atomic mass is 10.2. The van der Waals surface area contributed by atoms with Gasteiger partial charge in [-0.15, -0.1) is 5.10 Å². The van der Waals surface area contributed by atoms with Gasteiger partial charge in [0.15, 0.2) is 21.5 Å². The van der Waals surface area contributed by atoms with Gasteiger partial charge in [0.1, 0.15) is 0 Å². The maximum absolute atomic E-state index is 13.2. The van der Waals surface area contributed by atoms with Crippen molar-refractivity contribution in [2.75, 3.05) is 5.32 Å². The third-order valence-corrected chi connectivity index (χ3v) is 6.05. The second kappa shape index (κ2) is 7.47. The van der Waals surface area contributed by atoms with Crippen molar-refractivity contribution in [1.29, 1.82) is 0 Å². The van der Waals surface area contributed by atoms with E-state index in [1.165, 1.54) is 24.3 Å². The fourth-order valence-electron chi connectivity index (χ4n) is 2.26. The number of carbonyl (C=O) groups excluding carboxylic acids is 1. The quantitative estimate of drug-likeness (QED) is 0.695. The molecule has 0 saturated heterocycles. The van der Waals surface area contributed by atoms with E-state index in [4.69, 9.17) is 4.42 Å². The molecule has 2 aromatic carbocycles. The molecule has 7 nitrogen and oxygen atoms in total. The van der Waals surface area contributed by atoms with Crippen molar-refractivity contribution in [2.45, 2.75) is 24.0 Å². The summed E-state index contributed by atoms with van der Waals surface area (Å²) < 4.78 is 55.8. The van der Waals surface area contributed by atoms with E-state index >= 15 is 0 Å². The average Bonchev–Trinajstić information content (AvgIpc) is 3.12. The number of amides is 1. The number of nitrogens with one attached hydrogen (secondary N) is 1. The first kappa shape index (κ1) is 19.6. The molecule has 28 heavy (non-hydrogen) atoms. The van der Waals surface area contributed by atoms with Gasteiger partial charge in [0.25, 0.3) is 5.91 Å². The third-order valence-electron chi connectivity index (χ3n) is 3.88. The molecule has 0 atom stereocenters. The number of nitrogens with zero attached hydrogens (tertiary/aromatic N) is 2. The van der Waals surface area contributed by atoms with Gasteiger partial charge in [-0.05, 0) is 56.3 Å². The van der Waals surface area contributed by atoms with Crippen LogP contribution in [-0.2, 0) is 9.84 Å². The van der Waals surface area contributed by atoms with E-state index in [9.17, 15) is 22.0 Å². The summed E-state index contributed by atoms with van der Waals surface area (Å²) >= 11 is 0. The molecule has 1 heterocycles. The Bertz CT molecular complexity index is 1130. The molecule has 1 N–H and O–H groups in total. The van der Waals surface area contributed by atoms with Crippen molar-refractivity contribution in [1.82, 2.24) is 10.2 Å². The smallest absolute Gasteiger partial charge is 0.322 e. The Morgan fingerprint density at radius 2 is 1.71 bits per heavy atom. The number of hydrogen-bond acceptors (Lipinski definition) is 6. The maximum Gasteiger partial charge on any atom is 0.322 e. The third kappa shape index (κ3) is 3.91. The topological polar surface area (TPSA) is 102 Å². The van der Waals surface area contributed by atoms with Crippen LogP contribution >= 0.6 is 0 Å². The molecule has 1 aromatic heterocycles. The molecule has 3 rings (SSSR count). The van der Waals surface area contributed by atoms with E-state index < -0.39 is 32.6 Å². The molecule has 0 aliphatic heterocycles. The lowest BCUT2D eigenvalue weighted by Crippen LogP contribution is -2.13. The molecule has 146 valence electrons. The molecule has 0 spiro atoms. The van der Waals surface area contributed by atoms with Gasteiger partial charge in [-0.25, -0.2) is 17.2 Å². The van der Waals surface area contributed by atoms with E-state index in [-0.39, 0.29) is 22.4 Å². The summed E-state index contributed by atoms with van der Waals surface area (Å²) in [5, 5.41) is 9.17. The summed E-state index contributed by atoms with van der Waals surface area (Å²) in [4.78, 5) is 12.2. The molecule has 0 fully saturated rings. The van der Waals surface area contributed by atoms with Crippen molar-refractivity contribution in [3.05, 3.63) is 59.7 Å². The van der Waals surface area contributed by atoms with Gasteiger partial charge < -0.3 is 4.42 Å². The Morgan fingerprint density at radius 1 is 1.04 bits per heavy atom. The Morgan fingerprint density at radius 3 is 2.32 bits per heavy atom. The van der Waals surface area contributed by atoms with Crippen molar-refractivity contribution in [3.63, 3.8) is 0 Å². The Hall–Kier alpha value is -3.14. The van der Waals surface area contributed by atoms with E-state index in [2.05, 4.69) is 15.5 Å². The number of rotatable bonds is 5. The second-order valence-corrected chi connectivity index (χ2v) is 8.62. The summed E-state index contributed by atoms with van der Waals surface area (Å²) in [7, 11) is -3.40. The van der Waals surface area contributed by atoms with Crippen molar-refractivity contribution >= 4 is 21.8 Å². The van der Waals surface area contributed by atoms with Crippen LogP contribution in [-0.4, -0.2) is 29.8 Å². The zero-order chi connectivity index (χ0) is 20.5. The van der Waals surface area contributed by atoms with Gasteiger partial charge in [-0.1, -0.05) is 5.10 Å². The fraction of sp³-hybridized carbons (Fsp3) is 0.167. The normalized spacial score (nSPS) is 11.6. The molecule has 3 aromatic rings. The first-order valence-electron chi connectivity index (χ1n) is 8.12. The summed E-state index contributed by atoms with van der Waals surface area (Å²) in [5.41, 5.74) is 0.324. The summed E-state index contributed by atoms with van der Waals surface area (Å²) in [6.45, 7) is 3.17. The second-order valence-electron chi connectivity index (χ2n) is 6.11. The maximum atomic E-state index is 13.2. The number of sulfone groups is 1. The first-order valence-corrected chi connectivity index (χ1v) is 9.67. The SMILES string of the molecule is CC(C)S(=O)(=O)c1ccc(-c2nnc(NC(=O)c3ccc(F)c(F)c3)o2)cc1. The predicted molar refractivity (Wildman–Crippen MR) is 96.4 cm³/mol. The molecule has 0 saturated carbocycles. The van der Waals surface area contributed by atoms with Crippen LogP contribution in [0.15, 0.2) is 51.8 Å². The minimum Gasteiger partial charge on any atom is -0.403 e. The van der Waals surface area contributed by atoms with E-state index in [1.54, 1.807) is 13.8 Å². The zero-order valence-electron chi connectivity index (χ0n) is 14.8. The van der Waals surface area contributed by atoms with Gasteiger partial charge in [-0.3, -0.25) is 10.1 Å². The zero-order valence-corrected chi connectivity index (χ0v) is 15.6. The van der Waals surface area contributed by atoms with E-state index in [1.807, 2.05) is 0 Å². The van der Waals surface area contributed by atoms with Crippen LogP contribution in [0.25, 0.3) is 11.5 Å². The molecule has 0 unspecified atom stereocenters. The molecular weight excluding hydrogens is 392 g/mol. The van der Waals surface area contributed by atoms with Gasteiger partial charge in [0, 0.05) is 11.1 Å². The highest BCUT2D eigenvalue weighted by molar-refractivity contribution is 7.92. The number of carbonyl (C=O) groups is 1. The van der Waals surface area contributed by atoms with Crippen LogP contribution < -0.4 is 5.32 Å². The van der Waals surface area contributed by atoms with Gasteiger partial charge in [0.2, 0.25) is 5.89 Å². The first-order chi connectivity index (χ1) is 13.2. The molecule has 0 aliphatic carbocycles. The lowest BCUT2D eigenvalue weighted by molar-refractivity contribution is 0.102. The Kier molecular flexibility index (Phi) is 5.23. The highest BCUT2D eigenvalue weighted by Gasteiger charge is 2.20. The van der Waals surface area contributed by atoms with Crippen molar-refractivity contribution < 1.29 is 26.4 Å². The van der Waals surface area contributed by atoms with Crippen LogP contribution in [0.4, 0.5) is 14.8 Å². The predicted octanol–water partition coefficient (Wildman–Crippen LogP) is 3.45. The molecule has 1 amide bonds. The van der Waals surface area contributed by atoms with Crippen LogP contribution in [0.3, 0.4) is 0 Å². The monoisotopic (exact) mass is 407 g/mol. The molecule has 10 heteroatoms. The summed E-state index contributed by atoms with van der Waals surface area (Å²) in [6, 6.07) is 8.30. The highest BCUT2D eigenvalue weighted by atomic mass is 32.2. The minimum atomic E-state index is -3.40. The molecule has 0 bridgehead atoms. The highest BCUT2D eigenvalue weighted by Crippen LogP contribution is 2.23. The molecule has 0 radical (unpaired) electrons. The fourth-order valence-corrected chi connectivity index (χ4v) is 3.32. The number of anilines is 1. The average molecular weight is 407 g/mol. The Balaban J connectivity index is 1.77. The number of aromatic nitrogens is 2. The summed E-state index contributed by atoms with van der Waals surface area (Å²) in [5.74, 6) is -2.93. The summed E-state index contributed by atoms with van der Waals surface area (Å²) in [6.07, 6.45) is 0. The van der Waals surface area contributed by atoms with Crippen molar-refractivity contribution in [2.24, 2.45) is 0 Å². The lowest BCUT2D eigenvalue weighted by Gasteiger charge is -2.07. The van der Waals surface area contributed by atoms with Gasteiger partial charge >= 0.3 is 6.01 Å². The molecule has 0 aliphatic rings. The van der Waals surface area contributed by atoms with E-state index in [0.717, 1.165) is 18.2 Å². The molecular formula is C18H15F2N3O4S. The number of halogens is 2. The minimum absolute atomic E-state index is 0.0501. The van der Waals surface area contributed by atoms with Crippen LogP contribution in [0.1, 0.15) is 24.2 Å².